The summed E-state index contributed by atoms with van der Waals surface area (Å²) in [6, 6.07) is 12.8. The molecule has 4 rings (SSSR count). The molecule has 0 aliphatic heterocycles. The van der Waals surface area contributed by atoms with Crippen molar-refractivity contribution < 1.29 is 32.5 Å². The molecule has 1 aromatic carbocycles. The number of carboxylic acid groups (broad SMARTS) is 1. The largest absolute Gasteiger partial charge is 0.490 e. The van der Waals surface area contributed by atoms with Crippen LogP contribution in [0.2, 0.25) is 0 Å². The lowest BCUT2D eigenvalue weighted by molar-refractivity contribution is -0.192. The molecule has 1 unspecified atom stereocenters. The van der Waals surface area contributed by atoms with Crippen LogP contribution in [0.25, 0.3) is 22.3 Å². The first-order chi connectivity index (χ1) is 17.2. The first-order valence-electron chi connectivity index (χ1n) is 9.99. The zero-order valence-electron chi connectivity index (χ0n) is 18.2. The number of aromatic nitrogens is 5. The van der Waals surface area contributed by atoms with E-state index < -0.39 is 18.4 Å². The first kappa shape index (κ1) is 25.5. The Labute approximate surface area is 201 Å². The Hall–Kier alpha value is -5.11. The average Bonchev–Trinajstić information content (AvgIpc) is 3.53. The van der Waals surface area contributed by atoms with E-state index in [1.54, 1.807) is 47.5 Å². The monoisotopic (exact) mass is 499 g/mol. The highest BCUT2D eigenvalue weighted by Gasteiger charge is 2.38. The third kappa shape index (κ3) is 6.48. The van der Waals surface area contributed by atoms with Gasteiger partial charge in [0.1, 0.15) is 29.5 Å². The van der Waals surface area contributed by atoms with E-state index in [4.69, 9.17) is 24.6 Å². The van der Waals surface area contributed by atoms with Gasteiger partial charge in [0.15, 0.2) is 6.61 Å². The van der Waals surface area contributed by atoms with Crippen molar-refractivity contribution >= 4 is 17.0 Å². The Morgan fingerprint density at radius 1 is 1.14 bits per heavy atom. The van der Waals surface area contributed by atoms with Crippen LogP contribution in [-0.4, -0.2) is 48.6 Å². The van der Waals surface area contributed by atoms with Crippen molar-refractivity contribution in [1.29, 1.82) is 10.5 Å². The molecule has 0 saturated heterocycles. The summed E-state index contributed by atoms with van der Waals surface area (Å²) in [4.78, 5) is 20.5. The Bertz CT molecular complexity index is 1400. The van der Waals surface area contributed by atoms with E-state index in [-0.39, 0.29) is 13.0 Å². The van der Waals surface area contributed by atoms with Crippen molar-refractivity contribution in [1.82, 2.24) is 24.7 Å². The van der Waals surface area contributed by atoms with Crippen molar-refractivity contribution in [3.63, 3.8) is 0 Å². The Morgan fingerprint density at radius 3 is 2.47 bits per heavy atom. The summed E-state index contributed by atoms with van der Waals surface area (Å²) < 4.78 is 44.5. The highest BCUT2D eigenvalue weighted by molar-refractivity contribution is 5.89. The van der Waals surface area contributed by atoms with E-state index in [0.717, 1.165) is 22.3 Å². The lowest BCUT2D eigenvalue weighted by Crippen LogP contribution is -2.21. The lowest BCUT2D eigenvalue weighted by atomic mass is 10.2. The number of aromatic amines is 1. The minimum atomic E-state index is -5.08. The zero-order chi connectivity index (χ0) is 26.1. The quantitative estimate of drug-likeness (QED) is 0.384. The molecule has 0 amide bonds. The predicted octanol–water partition coefficient (Wildman–Crippen LogP) is 3.85. The van der Waals surface area contributed by atoms with E-state index in [1.165, 1.54) is 6.33 Å². The van der Waals surface area contributed by atoms with Gasteiger partial charge in [-0.1, -0.05) is 0 Å². The molecule has 0 fully saturated rings. The van der Waals surface area contributed by atoms with E-state index in [1.807, 2.05) is 12.1 Å². The summed E-state index contributed by atoms with van der Waals surface area (Å²) in [6.45, 7) is -0.0230. The van der Waals surface area contributed by atoms with Crippen LogP contribution in [0.15, 0.2) is 55.2 Å². The minimum Gasteiger partial charge on any atom is -0.479 e. The van der Waals surface area contributed by atoms with Crippen LogP contribution in [-0.2, 0) is 4.79 Å². The van der Waals surface area contributed by atoms with Gasteiger partial charge in [-0.05, 0) is 30.3 Å². The topological polar surface area (TPSA) is 163 Å². The van der Waals surface area contributed by atoms with Crippen LogP contribution < -0.4 is 9.47 Å². The number of nitrogens with one attached hydrogen (secondary N) is 1. The molecular formula is C22H16F3N7O4. The summed E-state index contributed by atoms with van der Waals surface area (Å²) in [5.41, 5.74) is 2.28. The molecule has 0 aliphatic rings. The molecule has 3 heterocycles. The van der Waals surface area contributed by atoms with Crippen LogP contribution in [0.5, 0.6) is 11.5 Å². The summed E-state index contributed by atoms with van der Waals surface area (Å²) in [6.07, 6.45) is 1.19. The molecule has 11 nitrogen and oxygen atoms in total. The molecule has 184 valence electrons. The maximum Gasteiger partial charge on any atom is 0.490 e. The second-order valence-electron chi connectivity index (χ2n) is 6.83. The molecule has 0 aliphatic carbocycles. The van der Waals surface area contributed by atoms with Crippen molar-refractivity contribution in [2.24, 2.45) is 0 Å². The molecular weight excluding hydrogens is 483 g/mol. The van der Waals surface area contributed by atoms with E-state index in [9.17, 15) is 18.4 Å². The molecule has 36 heavy (non-hydrogen) atoms. The summed E-state index contributed by atoms with van der Waals surface area (Å²) in [7, 11) is 0. The number of aliphatic carboxylic acids is 1. The number of fused-ring (bicyclic) bond motifs is 1. The number of H-pyrrole nitrogens is 1. The number of nitrogens with zero attached hydrogens (tertiary/aromatic N) is 6. The van der Waals surface area contributed by atoms with Gasteiger partial charge in [0.25, 0.3) is 0 Å². The van der Waals surface area contributed by atoms with Crippen LogP contribution >= 0.6 is 0 Å². The van der Waals surface area contributed by atoms with Gasteiger partial charge in [-0.25, -0.2) is 19.4 Å². The van der Waals surface area contributed by atoms with Gasteiger partial charge in [0.2, 0.25) is 6.23 Å². The van der Waals surface area contributed by atoms with Gasteiger partial charge in [0.05, 0.1) is 24.4 Å². The fourth-order valence-corrected chi connectivity index (χ4v) is 2.87. The standard InChI is InChI=1S/C20H15N7O2.C2HF3O2/c21-7-5-18(29-16-3-1-15(2-4-16)28-10-8-22)27-12-14(11-26-27)19-17-6-9-23-20(17)25-13-24-19;3-2(4,5)1(6)7/h1-4,6,9,11-13,18H,5,10H2,(H,23,24,25);(H,6,7). The fourth-order valence-electron chi connectivity index (χ4n) is 2.87. The normalized spacial score (nSPS) is 11.5. The molecule has 0 radical (unpaired) electrons. The Kier molecular flexibility index (Phi) is 8.04. The molecule has 4 aromatic rings. The van der Waals surface area contributed by atoms with E-state index in [2.05, 4.69) is 26.1 Å². The SMILES string of the molecule is N#CCOc1ccc(OC(CC#N)n2cc(-c3ncnc4[nH]ccc34)cn2)cc1.O=C(O)C(F)(F)F. The van der Waals surface area contributed by atoms with Crippen LogP contribution in [0, 0.1) is 22.7 Å². The second kappa shape index (κ2) is 11.3. The van der Waals surface area contributed by atoms with Crippen LogP contribution in [0.3, 0.4) is 0 Å². The minimum absolute atomic E-state index is 0.0230. The number of rotatable bonds is 7. The number of nitriles is 2. The smallest absolute Gasteiger partial charge is 0.479 e. The van der Waals surface area contributed by atoms with Crippen LogP contribution in [0.4, 0.5) is 13.2 Å². The highest BCUT2D eigenvalue weighted by atomic mass is 19.4. The fraction of sp³-hybridized carbons (Fsp3) is 0.182. The molecule has 3 aromatic heterocycles. The van der Waals surface area contributed by atoms with Gasteiger partial charge < -0.3 is 19.6 Å². The Morgan fingerprint density at radius 2 is 1.83 bits per heavy atom. The number of halogens is 3. The molecule has 0 spiro atoms. The first-order valence-corrected chi connectivity index (χ1v) is 9.99. The lowest BCUT2D eigenvalue weighted by Gasteiger charge is -2.17. The number of hydrogen-bond acceptors (Lipinski definition) is 8. The molecule has 0 bridgehead atoms. The van der Waals surface area contributed by atoms with Gasteiger partial charge in [0, 0.05) is 23.3 Å². The number of ether oxygens (including phenoxy) is 2. The Balaban J connectivity index is 0.000000454. The number of benzene rings is 1. The maximum atomic E-state index is 10.6. The van der Waals surface area contributed by atoms with Crippen molar-refractivity contribution in [3.8, 4) is 34.9 Å². The van der Waals surface area contributed by atoms with Crippen molar-refractivity contribution in [2.45, 2.75) is 18.8 Å². The van der Waals surface area contributed by atoms with Crippen molar-refractivity contribution in [3.05, 3.63) is 55.2 Å². The number of alkyl halides is 3. The second-order valence-corrected chi connectivity index (χ2v) is 6.83. The molecule has 1 atom stereocenters. The predicted molar refractivity (Wildman–Crippen MR) is 116 cm³/mol. The number of carbonyl (C=O) groups is 1. The summed E-state index contributed by atoms with van der Waals surface area (Å²) in [5.74, 6) is -1.63. The zero-order valence-corrected chi connectivity index (χ0v) is 18.2. The van der Waals surface area contributed by atoms with Gasteiger partial charge >= 0.3 is 12.1 Å². The highest BCUT2D eigenvalue weighted by Crippen LogP contribution is 2.27. The average molecular weight is 499 g/mol. The molecule has 14 heteroatoms. The molecule has 0 saturated carbocycles. The molecule has 2 N–H and O–H groups in total. The number of hydrogen-bond donors (Lipinski definition) is 2. The van der Waals surface area contributed by atoms with E-state index in [0.29, 0.717) is 11.5 Å². The summed E-state index contributed by atoms with van der Waals surface area (Å²) >= 11 is 0. The van der Waals surface area contributed by atoms with Gasteiger partial charge in [-0.2, -0.15) is 28.8 Å². The number of carboxylic acids is 1. The van der Waals surface area contributed by atoms with Gasteiger partial charge in [-0.3, -0.25) is 0 Å². The van der Waals surface area contributed by atoms with E-state index >= 15 is 0 Å². The third-order valence-electron chi connectivity index (χ3n) is 4.43. The van der Waals surface area contributed by atoms with Crippen molar-refractivity contribution in [2.75, 3.05) is 6.61 Å². The third-order valence-corrected chi connectivity index (χ3v) is 4.43. The van der Waals surface area contributed by atoms with Gasteiger partial charge in [-0.15, -0.1) is 0 Å². The van der Waals surface area contributed by atoms with Crippen LogP contribution in [0.1, 0.15) is 12.6 Å². The maximum absolute atomic E-state index is 10.6. The summed E-state index contributed by atoms with van der Waals surface area (Å²) in [5, 5.41) is 30.2.